The first-order chi connectivity index (χ1) is 13.1. The van der Waals surface area contributed by atoms with E-state index < -0.39 is 4.92 Å². The van der Waals surface area contributed by atoms with Gasteiger partial charge in [-0.25, -0.2) is 0 Å². The van der Waals surface area contributed by atoms with Crippen molar-refractivity contribution in [1.82, 2.24) is 24.6 Å². The van der Waals surface area contributed by atoms with E-state index in [9.17, 15) is 10.1 Å². The molecule has 0 radical (unpaired) electrons. The minimum atomic E-state index is -0.427. The predicted octanol–water partition coefficient (Wildman–Crippen LogP) is 1.92. The molecule has 0 atom stereocenters. The lowest BCUT2D eigenvalue weighted by molar-refractivity contribution is -0.384. The van der Waals surface area contributed by atoms with Crippen LogP contribution in [0.2, 0.25) is 0 Å². The molecule has 0 unspecified atom stereocenters. The van der Waals surface area contributed by atoms with Gasteiger partial charge in [-0.05, 0) is 24.1 Å². The smallest absolute Gasteiger partial charge is 0.269 e. The number of benzene rings is 1. The van der Waals surface area contributed by atoms with Crippen LogP contribution < -0.4 is 11.1 Å². The number of non-ortho nitro benzene ring substituents is 1. The van der Waals surface area contributed by atoms with Crippen LogP contribution in [0.5, 0.6) is 0 Å². The molecule has 0 bridgehead atoms. The maximum absolute atomic E-state index is 10.7. The summed E-state index contributed by atoms with van der Waals surface area (Å²) in [5, 5.41) is 18.0. The second-order valence-corrected chi connectivity index (χ2v) is 5.63. The van der Waals surface area contributed by atoms with Crippen molar-refractivity contribution in [2.45, 2.75) is 6.42 Å². The van der Waals surface area contributed by atoms with Crippen molar-refractivity contribution < 1.29 is 9.34 Å². The van der Waals surface area contributed by atoms with Gasteiger partial charge in [0.1, 0.15) is 0 Å². The largest absolute Gasteiger partial charge is 0.461 e. The standard InChI is InChI=1S/C16H14N8O3/c17-14-20-15(18-8-7-10-3-5-11(6-4-10)24(25)26)21-16-19-13(22-23(14)16)12-2-1-9-27-12/h1-6,9H,7-8H2,(H3,17,18,19,20,21,22). The molecule has 3 heterocycles. The van der Waals surface area contributed by atoms with Crippen molar-refractivity contribution in [3.63, 3.8) is 0 Å². The number of nitro groups is 1. The van der Waals surface area contributed by atoms with Crippen LogP contribution in [0.4, 0.5) is 17.6 Å². The molecule has 0 amide bonds. The molecule has 0 aliphatic rings. The number of nitrogens with zero attached hydrogens (tertiary/aromatic N) is 6. The Hall–Kier alpha value is -4.02. The summed E-state index contributed by atoms with van der Waals surface area (Å²) in [6.45, 7) is 0.520. The minimum Gasteiger partial charge on any atom is -0.461 e. The molecule has 0 saturated carbocycles. The van der Waals surface area contributed by atoms with Crippen LogP contribution in [-0.4, -0.2) is 36.0 Å². The molecule has 11 heteroatoms. The third-order valence-corrected chi connectivity index (χ3v) is 3.82. The van der Waals surface area contributed by atoms with Gasteiger partial charge in [-0.3, -0.25) is 10.1 Å². The summed E-state index contributed by atoms with van der Waals surface area (Å²) >= 11 is 0. The molecule has 136 valence electrons. The molecule has 0 aliphatic carbocycles. The SMILES string of the molecule is Nc1nc(NCCc2ccc([N+](=O)[O-])cc2)nc2nc(-c3ccco3)nn12. The summed E-state index contributed by atoms with van der Waals surface area (Å²) in [5.41, 5.74) is 6.94. The van der Waals surface area contributed by atoms with Gasteiger partial charge in [0.15, 0.2) is 5.76 Å². The van der Waals surface area contributed by atoms with Crippen LogP contribution >= 0.6 is 0 Å². The van der Waals surface area contributed by atoms with Crippen LogP contribution in [0.1, 0.15) is 5.56 Å². The van der Waals surface area contributed by atoms with Gasteiger partial charge < -0.3 is 15.5 Å². The van der Waals surface area contributed by atoms with E-state index in [0.29, 0.717) is 36.3 Å². The fourth-order valence-corrected chi connectivity index (χ4v) is 2.50. The van der Waals surface area contributed by atoms with Gasteiger partial charge in [0.2, 0.25) is 17.7 Å². The lowest BCUT2D eigenvalue weighted by atomic mass is 10.1. The molecule has 1 aromatic carbocycles. The molecule has 4 rings (SSSR count). The fraction of sp³-hybridized carbons (Fsp3) is 0.125. The summed E-state index contributed by atoms with van der Waals surface area (Å²) in [6, 6.07) is 9.85. The van der Waals surface area contributed by atoms with Crippen molar-refractivity contribution in [2.75, 3.05) is 17.6 Å². The molecule has 0 fully saturated rings. The molecule has 0 aliphatic heterocycles. The van der Waals surface area contributed by atoms with Crippen molar-refractivity contribution in [1.29, 1.82) is 0 Å². The molecule has 3 aromatic heterocycles. The maximum atomic E-state index is 10.7. The van der Waals surface area contributed by atoms with Gasteiger partial charge in [-0.1, -0.05) is 12.1 Å². The van der Waals surface area contributed by atoms with Crippen LogP contribution in [0, 0.1) is 10.1 Å². The molecule has 0 saturated heterocycles. The van der Waals surface area contributed by atoms with E-state index in [0.717, 1.165) is 5.56 Å². The van der Waals surface area contributed by atoms with E-state index in [2.05, 4.69) is 25.4 Å². The number of aromatic nitrogens is 5. The summed E-state index contributed by atoms with van der Waals surface area (Å²) in [4.78, 5) is 23.0. The number of fused-ring (bicyclic) bond motifs is 1. The van der Waals surface area contributed by atoms with Crippen LogP contribution in [0.25, 0.3) is 17.4 Å². The third kappa shape index (κ3) is 3.38. The first-order valence-corrected chi connectivity index (χ1v) is 8.01. The van der Waals surface area contributed by atoms with Crippen molar-refractivity contribution >= 4 is 23.4 Å². The molecule has 0 spiro atoms. The maximum Gasteiger partial charge on any atom is 0.269 e. The van der Waals surface area contributed by atoms with E-state index in [-0.39, 0.29) is 11.6 Å². The summed E-state index contributed by atoms with van der Waals surface area (Å²) in [7, 11) is 0. The van der Waals surface area contributed by atoms with Gasteiger partial charge in [-0.15, -0.1) is 5.10 Å². The minimum absolute atomic E-state index is 0.0624. The Morgan fingerprint density at radius 1 is 1.19 bits per heavy atom. The van der Waals surface area contributed by atoms with Gasteiger partial charge in [0.05, 0.1) is 11.2 Å². The monoisotopic (exact) mass is 366 g/mol. The quantitative estimate of drug-likeness (QED) is 0.385. The zero-order valence-electron chi connectivity index (χ0n) is 13.9. The van der Waals surface area contributed by atoms with E-state index in [1.807, 2.05) is 0 Å². The first kappa shape index (κ1) is 16.4. The number of rotatable bonds is 6. The van der Waals surface area contributed by atoms with Crippen molar-refractivity contribution in [2.24, 2.45) is 0 Å². The first-order valence-electron chi connectivity index (χ1n) is 8.01. The molecular weight excluding hydrogens is 352 g/mol. The highest BCUT2D eigenvalue weighted by Gasteiger charge is 2.13. The number of hydrogen-bond donors (Lipinski definition) is 2. The van der Waals surface area contributed by atoms with Gasteiger partial charge in [0, 0.05) is 18.7 Å². The Kier molecular flexibility index (Phi) is 4.09. The number of hydrogen-bond acceptors (Lipinski definition) is 9. The van der Waals surface area contributed by atoms with Crippen LogP contribution in [0.3, 0.4) is 0 Å². The van der Waals surface area contributed by atoms with E-state index in [1.165, 1.54) is 22.9 Å². The second-order valence-electron chi connectivity index (χ2n) is 5.63. The van der Waals surface area contributed by atoms with Gasteiger partial charge >= 0.3 is 0 Å². The number of anilines is 2. The van der Waals surface area contributed by atoms with E-state index in [1.54, 1.807) is 24.3 Å². The Bertz CT molecular complexity index is 1090. The highest BCUT2D eigenvalue weighted by Crippen LogP contribution is 2.18. The zero-order valence-corrected chi connectivity index (χ0v) is 13.9. The fourth-order valence-electron chi connectivity index (χ4n) is 2.50. The number of nitrogen functional groups attached to an aromatic ring is 1. The lowest BCUT2D eigenvalue weighted by Gasteiger charge is -2.06. The number of nitro benzene ring substituents is 1. The summed E-state index contributed by atoms with van der Waals surface area (Å²) in [6.07, 6.45) is 2.16. The van der Waals surface area contributed by atoms with Gasteiger partial charge in [-0.2, -0.15) is 19.5 Å². The highest BCUT2D eigenvalue weighted by atomic mass is 16.6. The molecule has 11 nitrogen and oxygen atoms in total. The molecule has 27 heavy (non-hydrogen) atoms. The second kappa shape index (κ2) is 6.71. The Morgan fingerprint density at radius 2 is 2.00 bits per heavy atom. The highest BCUT2D eigenvalue weighted by molar-refractivity contribution is 5.52. The summed E-state index contributed by atoms with van der Waals surface area (Å²) < 4.78 is 6.60. The van der Waals surface area contributed by atoms with E-state index in [4.69, 9.17) is 10.2 Å². The van der Waals surface area contributed by atoms with Crippen molar-refractivity contribution in [3.8, 4) is 11.6 Å². The average molecular weight is 366 g/mol. The molecule has 4 aromatic rings. The normalized spacial score (nSPS) is 11.0. The number of nitrogens with two attached hydrogens (primary N) is 1. The van der Waals surface area contributed by atoms with Crippen molar-refractivity contribution in [3.05, 3.63) is 58.3 Å². The predicted molar refractivity (Wildman–Crippen MR) is 96.0 cm³/mol. The van der Waals surface area contributed by atoms with Crippen LogP contribution in [-0.2, 0) is 6.42 Å². The average Bonchev–Trinajstić information content (AvgIpc) is 3.32. The molecule has 3 N–H and O–H groups in total. The van der Waals surface area contributed by atoms with Gasteiger partial charge in [0.25, 0.3) is 11.5 Å². The van der Waals surface area contributed by atoms with Crippen LogP contribution in [0.15, 0.2) is 47.1 Å². The number of nitrogens with one attached hydrogen (secondary N) is 1. The zero-order chi connectivity index (χ0) is 18.8. The third-order valence-electron chi connectivity index (χ3n) is 3.82. The lowest BCUT2D eigenvalue weighted by Crippen LogP contribution is -2.12. The topological polar surface area (TPSA) is 150 Å². The summed E-state index contributed by atoms with van der Waals surface area (Å²) in [5.74, 6) is 1.63. The Labute approximate surface area is 152 Å². The molecular formula is C16H14N8O3. The number of furan rings is 1. The Morgan fingerprint density at radius 3 is 2.70 bits per heavy atom. The Balaban J connectivity index is 1.46. The van der Waals surface area contributed by atoms with E-state index >= 15 is 0 Å².